The average molecular weight is 204 g/mol. The second-order valence-electron chi connectivity index (χ2n) is 2.80. The first kappa shape index (κ1) is 10.2. The lowest BCUT2D eigenvalue weighted by Crippen LogP contribution is -2.48. The van der Waals surface area contributed by atoms with Gasteiger partial charge in [-0.1, -0.05) is 6.92 Å². The summed E-state index contributed by atoms with van der Waals surface area (Å²) in [5, 5.41) is 8.70. The Morgan fingerprint density at radius 1 is 1.69 bits per heavy atom. The Kier molecular flexibility index (Phi) is 3.02. The number of primary amides is 1. The van der Waals surface area contributed by atoms with E-state index < -0.39 is 18.0 Å². The van der Waals surface area contributed by atoms with Crippen molar-refractivity contribution < 1.29 is 14.7 Å². The van der Waals surface area contributed by atoms with Gasteiger partial charge in [0.15, 0.2) is 0 Å². The van der Waals surface area contributed by atoms with Crippen LogP contribution in [0.1, 0.15) is 13.3 Å². The molecular weight excluding hydrogens is 192 g/mol. The monoisotopic (exact) mass is 204 g/mol. The Morgan fingerprint density at radius 3 is 2.69 bits per heavy atom. The zero-order valence-corrected chi connectivity index (χ0v) is 8.08. The molecule has 1 aliphatic heterocycles. The van der Waals surface area contributed by atoms with E-state index in [9.17, 15) is 9.59 Å². The van der Waals surface area contributed by atoms with E-state index >= 15 is 0 Å². The number of rotatable bonds is 2. The highest BCUT2D eigenvalue weighted by Gasteiger charge is 2.39. The first-order valence-electron chi connectivity index (χ1n) is 4.00. The maximum absolute atomic E-state index is 11.0. The summed E-state index contributed by atoms with van der Waals surface area (Å²) in [5.74, 6) is -0.557. The lowest BCUT2D eigenvalue weighted by molar-refractivity contribution is -0.141. The van der Waals surface area contributed by atoms with E-state index in [0.717, 1.165) is 6.42 Å². The van der Waals surface area contributed by atoms with Crippen molar-refractivity contribution in [3.63, 3.8) is 0 Å². The number of hydrogen-bond acceptors (Lipinski definition) is 3. The molecule has 6 heteroatoms. The molecule has 0 spiro atoms. The Morgan fingerprint density at radius 2 is 2.31 bits per heavy atom. The zero-order chi connectivity index (χ0) is 10.0. The Hall–Kier alpha value is -0.910. The van der Waals surface area contributed by atoms with Gasteiger partial charge in [0, 0.05) is 5.75 Å². The highest BCUT2D eigenvalue weighted by atomic mass is 32.2. The van der Waals surface area contributed by atoms with Gasteiger partial charge in [-0.2, -0.15) is 0 Å². The van der Waals surface area contributed by atoms with Crippen molar-refractivity contribution in [3.05, 3.63) is 0 Å². The summed E-state index contributed by atoms with van der Waals surface area (Å²) in [4.78, 5) is 22.9. The van der Waals surface area contributed by atoms with E-state index in [1.54, 1.807) is 0 Å². The molecule has 1 aliphatic rings. The molecule has 1 heterocycles. The summed E-state index contributed by atoms with van der Waals surface area (Å²) in [6, 6.07) is -1.41. The highest BCUT2D eigenvalue weighted by molar-refractivity contribution is 8.00. The van der Waals surface area contributed by atoms with Gasteiger partial charge in [0.25, 0.3) is 0 Å². The van der Waals surface area contributed by atoms with E-state index in [-0.39, 0.29) is 5.37 Å². The minimum atomic E-state index is -0.984. The zero-order valence-electron chi connectivity index (χ0n) is 7.27. The second-order valence-corrected chi connectivity index (χ2v) is 4.01. The molecule has 0 aromatic rings. The van der Waals surface area contributed by atoms with Crippen LogP contribution in [0.3, 0.4) is 0 Å². The van der Waals surface area contributed by atoms with E-state index in [1.165, 1.54) is 16.7 Å². The van der Waals surface area contributed by atoms with Crippen LogP contribution in [-0.4, -0.2) is 39.2 Å². The third kappa shape index (κ3) is 1.88. The molecule has 2 unspecified atom stereocenters. The summed E-state index contributed by atoms with van der Waals surface area (Å²) in [6.07, 6.45) is 0.720. The van der Waals surface area contributed by atoms with Crippen molar-refractivity contribution >= 4 is 23.8 Å². The van der Waals surface area contributed by atoms with Gasteiger partial charge in [-0.25, -0.2) is 9.59 Å². The molecule has 0 aliphatic carbocycles. The van der Waals surface area contributed by atoms with E-state index in [1.807, 2.05) is 6.92 Å². The summed E-state index contributed by atoms with van der Waals surface area (Å²) in [6.45, 7) is 1.90. The van der Waals surface area contributed by atoms with Crippen molar-refractivity contribution in [3.8, 4) is 0 Å². The molecule has 13 heavy (non-hydrogen) atoms. The molecule has 74 valence electrons. The number of thioether (sulfide) groups is 1. The van der Waals surface area contributed by atoms with E-state index in [2.05, 4.69) is 0 Å². The normalized spacial score (nSPS) is 27.6. The van der Waals surface area contributed by atoms with Gasteiger partial charge in [0.2, 0.25) is 0 Å². The van der Waals surface area contributed by atoms with Crippen molar-refractivity contribution in [2.24, 2.45) is 5.73 Å². The van der Waals surface area contributed by atoms with Crippen LogP contribution in [0.25, 0.3) is 0 Å². The van der Waals surface area contributed by atoms with Crippen molar-refractivity contribution in [1.29, 1.82) is 0 Å². The van der Waals surface area contributed by atoms with Gasteiger partial charge >= 0.3 is 12.0 Å². The molecule has 2 atom stereocenters. The molecular formula is C7H12N2O3S. The summed E-state index contributed by atoms with van der Waals surface area (Å²) in [7, 11) is 0. The van der Waals surface area contributed by atoms with Crippen LogP contribution in [0.2, 0.25) is 0 Å². The van der Waals surface area contributed by atoms with E-state index in [0.29, 0.717) is 5.75 Å². The van der Waals surface area contributed by atoms with Gasteiger partial charge in [-0.15, -0.1) is 11.8 Å². The van der Waals surface area contributed by atoms with Crippen LogP contribution in [0.15, 0.2) is 0 Å². The molecule has 1 fully saturated rings. The maximum atomic E-state index is 11.0. The molecule has 3 N–H and O–H groups in total. The number of aliphatic carboxylic acids is 1. The lowest BCUT2D eigenvalue weighted by atomic mass is 10.3. The van der Waals surface area contributed by atoms with Gasteiger partial charge in [0.1, 0.15) is 6.04 Å². The number of nitrogens with zero attached hydrogens (tertiary/aromatic N) is 1. The first-order valence-corrected chi connectivity index (χ1v) is 5.05. The van der Waals surface area contributed by atoms with Crippen molar-refractivity contribution in [2.45, 2.75) is 24.8 Å². The predicted octanol–water partition coefficient (Wildman–Crippen LogP) is 0.303. The van der Waals surface area contributed by atoms with Crippen LogP contribution >= 0.6 is 11.8 Å². The fourth-order valence-corrected chi connectivity index (χ4v) is 2.72. The molecule has 0 radical (unpaired) electrons. The standard InChI is InChI=1S/C7H12N2O3S/c1-2-5-9(7(8)12)4(3-13-5)6(10)11/h4-5H,2-3H2,1H3,(H2,8,12)(H,10,11). The fourth-order valence-electron chi connectivity index (χ4n) is 1.36. The average Bonchev–Trinajstić information content (AvgIpc) is 2.46. The lowest BCUT2D eigenvalue weighted by Gasteiger charge is -2.23. The number of carboxylic acids is 1. The molecule has 1 saturated heterocycles. The van der Waals surface area contributed by atoms with Crippen LogP contribution in [0.4, 0.5) is 4.79 Å². The molecule has 0 aromatic heterocycles. The molecule has 0 bridgehead atoms. The third-order valence-corrected chi connectivity index (χ3v) is 3.43. The minimum absolute atomic E-state index is 0.0846. The number of carbonyl (C=O) groups is 2. The number of urea groups is 1. The summed E-state index contributed by atoms with van der Waals surface area (Å²) in [5.41, 5.74) is 5.10. The maximum Gasteiger partial charge on any atom is 0.327 e. The number of amides is 2. The topological polar surface area (TPSA) is 83.6 Å². The molecule has 0 aromatic carbocycles. The molecule has 0 saturated carbocycles. The molecule has 1 rings (SSSR count). The SMILES string of the molecule is CCC1SCC(C(=O)O)N1C(N)=O. The Labute approximate surface area is 80.3 Å². The van der Waals surface area contributed by atoms with Gasteiger partial charge in [0.05, 0.1) is 5.37 Å². The minimum Gasteiger partial charge on any atom is -0.480 e. The third-order valence-electron chi connectivity index (χ3n) is 1.98. The fraction of sp³-hybridized carbons (Fsp3) is 0.714. The first-order chi connectivity index (χ1) is 6.07. The summed E-state index contributed by atoms with van der Waals surface area (Å²) < 4.78 is 0. The number of carbonyl (C=O) groups excluding carboxylic acids is 1. The second kappa shape index (κ2) is 3.87. The van der Waals surface area contributed by atoms with Gasteiger partial charge in [-0.05, 0) is 6.42 Å². The largest absolute Gasteiger partial charge is 0.480 e. The van der Waals surface area contributed by atoms with Gasteiger partial charge < -0.3 is 10.8 Å². The van der Waals surface area contributed by atoms with Crippen LogP contribution < -0.4 is 5.73 Å². The number of nitrogens with two attached hydrogens (primary N) is 1. The molecule has 5 nitrogen and oxygen atoms in total. The number of carboxylic acid groups (broad SMARTS) is 1. The van der Waals surface area contributed by atoms with Crippen molar-refractivity contribution in [2.75, 3.05) is 5.75 Å². The van der Waals surface area contributed by atoms with Crippen molar-refractivity contribution in [1.82, 2.24) is 4.90 Å². The Bertz CT molecular complexity index is 234. The quantitative estimate of drug-likeness (QED) is 0.677. The highest BCUT2D eigenvalue weighted by Crippen LogP contribution is 2.30. The Balaban J connectivity index is 2.78. The van der Waals surface area contributed by atoms with Gasteiger partial charge in [-0.3, -0.25) is 4.90 Å². The van der Waals surface area contributed by atoms with E-state index in [4.69, 9.17) is 10.8 Å². The van der Waals surface area contributed by atoms with Crippen LogP contribution in [0, 0.1) is 0 Å². The molecule has 2 amide bonds. The predicted molar refractivity (Wildman–Crippen MR) is 49.4 cm³/mol. The number of hydrogen-bond donors (Lipinski definition) is 2. The van der Waals surface area contributed by atoms with Crippen LogP contribution in [0.5, 0.6) is 0 Å². The van der Waals surface area contributed by atoms with Crippen LogP contribution in [-0.2, 0) is 4.79 Å². The smallest absolute Gasteiger partial charge is 0.327 e. The summed E-state index contributed by atoms with van der Waals surface area (Å²) >= 11 is 1.46.